The number of nitrogens with zero attached hydrogens (tertiary/aromatic N) is 3. The van der Waals surface area contributed by atoms with Gasteiger partial charge >= 0.3 is 0 Å². The van der Waals surface area contributed by atoms with E-state index in [2.05, 4.69) is 34.6 Å². The Balaban J connectivity index is 1.48. The molecule has 0 aliphatic carbocycles. The number of hydrogen-bond donors (Lipinski definition) is 1. The van der Waals surface area contributed by atoms with Crippen LogP contribution in [0, 0.1) is 6.92 Å². The number of benzene rings is 3. The third-order valence-electron chi connectivity index (χ3n) is 4.89. The molecular weight excluding hydrogens is 380 g/mol. The van der Waals surface area contributed by atoms with Crippen LogP contribution in [0.2, 0.25) is 0 Å². The molecule has 1 heterocycles. The van der Waals surface area contributed by atoms with Gasteiger partial charge in [-0.15, -0.1) is 10.2 Å². The summed E-state index contributed by atoms with van der Waals surface area (Å²) in [6, 6.07) is 22.1. The van der Waals surface area contributed by atoms with E-state index in [0.29, 0.717) is 5.16 Å². The molecule has 0 fully saturated rings. The number of rotatable bonds is 5. The lowest BCUT2D eigenvalue weighted by atomic mass is 10.1. The first-order valence-corrected chi connectivity index (χ1v) is 10.3. The largest absolute Gasteiger partial charge is 0.325 e. The number of fused-ring (bicyclic) bond motifs is 1. The molecule has 6 heteroatoms. The summed E-state index contributed by atoms with van der Waals surface area (Å²) < 4.78 is 1.94. The number of aromatic nitrogens is 3. The molecule has 1 amide bonds. The third-order valence-corrected chi connectivity index (χ3v) is 6.02. The predicted molar refractivity (Wildman–Crippen MR) is 119 cm³/mol. The summed E-state index contributed by atoms with van der Waals surface area (Å²) in [6.45, 7) is 3.93. The van der Waals surface area contributed by atoms with Crippen molar-refractivity contribution >= 4 is 34.1 Å². The highest BCUT2D eigenvalue weighted by molar-refractivity contribution is 8.00. The van der Waals surface area contributed by atoms with E-state index in [1.54, 1.807) is 0 Å². The summed E-state index contributed by atoms with van der Waals surface area (Å²) in [5.74, 6) is 0.735. The van der Waals surface area contributed by atoms with E-state index < -0.39 is 0 Å². The summed E-state index contributed by atoms with van der Waals surface area (Å²) in [5, 5.41) is 14.3. The SMILES string of the molecule is Cc1ccccc1-c1nnc(S[C@H](C)C(=O)Nc2ccc3ccccc3c2)n1C. The van der Waals surface area contributed by atoms with Gasteiger partial charge in [-0.1, -0.05) is 66.4 Å². The highest BCUT2D eigenvalue weighted by Gasteiger charge is 2.20. The second kappa shape index (κ2) is 8.09. The molecule has 0 unspecified atom stereocenters. The van der Waals surface area contributed by atoms with Crippen LogP contribution >= 0.6 is 11.8 Å². The number of aryl methyl sites for hydroxylation is 1. The highest BCUT2D eigenvalue weighted by Crippen LogP contribution is 2.28. The van der Waals surface area contributed by atoms with Crippen LogP contribution in [0.4, 0.5) is 5.69 Å². The molecule has 0 radical (unpaired) electrons. The summed E-state index contributed by atoms with van der Waals surface area (Å²) in [7, 11) is 1.93. The standard InChI is InChI=1S/C23H22N4OS/c1-15-8-4-7-11-20(15)21-25-26-23(27(21)3)29-16(2)22(28)24-19-13-12-17-9-5-6-10-18(17)14-19/h4-14,16H,1-3H3,(H,24,28)/t16-/m1/s1. The van der Waals surface area contributed by atoms with Crippen LogP contribution in [0.15, 0.2) is 71.9 Å². The zero-order valence-corrected chi connectivity index (χ0v) is 17.4. The quantitative estimate of drug-likeness (QED) is 0.474. The van der Waals surface area contributed by atoms with Crippen molar-refractivity contribution in [1.82, 2.24) is 14.8 Å². The maximum Gasteiger partial charge on any atom is 0.237 e. The first kappa shape index (κ1) is 19.2. The number of anilines is 1. The first-order chi connectivity index (χ1) is 14.0. The fourth-order valence-electron chi connectivity index (χ4n) is 3.20. The normalized spacial score (nSPS) is 12.1. The molecule has 3 aromatic carbocycles. The molecule has 0 saturated heterocycles. The molecule has 5 nitrogen and oxygen atoms in total. The van der Waals surface area contributed by atoms with Crippen molar-refractivity contribution in [3.63, 3.8) is 0 Å². The number of amides is 1. The minimum Gasteiger partial charge on any atom is -0.325 e. The van der Waals surface area contributed by atoms with Crippen molar-refractivity contribution in [3.05, 3.63) is 72.3 Å². The van der Waals surface area contributed by atoms with Crippen molar-refractivity contribution in [2.24, 2.45) is 7.05 Å². The lowest BCUT2D eigenvalue weighted by molar-refractivity contribution is -0.115. The van der Waals surface area contributed by atoms with Gasteiger partial charge in [0.2, 0.25) is 5.91 Å². The fourth-order valence-corrected chi connectivity index (χ4v) is 4.01. The molecular formula is C23H22N4OS. The molecule has 0 aliphatic rings. The lowest BCUT2D eigenvalue weighted by Crippen LogP contribution is -2.22. The maximum absolute atomic E-state index is 12.7. The molecule has 146 valence electrons. The lowest BCUT2D eigenvalue weighted by Gasteiger charge is -2.12. The Kier molecular flexibility index (Phi) is 5.36. The Bertz CT molecular complexity index is 1180. The predicted octanol–water partition coefficient (Wildman–Crippen LogP) is 5.06. The van der Waals surface area contributed by atoms with Gasteiger partial charge in [-0.3, -0.25) is 4.79 Å². The van der Waals surface area contributed by atoms with Crippen LogP contribution in [0.3, 0.4) is 0 Å². The maximum atomic E-state index is 12.7. The smallest absolute Gasteiger partial charge is 0.237 e. The zero-order chi connectivity index (χ0) is 20.4. The summed E-state index contributed by atoms with van der Waals surface area (Å²) in [6.07, 6.45) is 0. The Morgan fingerprint density at radius 1 is 1.00 bits per heavy atom. The van der Waals surface area contributed by atoms with Crippen molar-refractivity contribution in [1.29, 1.82) is 0 Å². The van der Waals surface area contributed by atoms with Gasteiger partial charge < -0.3 is 9.88 Å². The van der Waals surface area contributed by atoms with E-state index in [0.717, 1.165) is 33.4 Å². The van der Waals surface area contributed by atoms with Gasteiger partial charge in [0.25, 0.3) is 0 Å². The van der Waals surface area contributed by atoms with Gasteiger partial charge in [0, 0.05) is 18.3 Å². The van der Waals surface area contributed by atoms with Gasteiger partial charge in [0.1, 0.15) is 0 Å². The number of hydrogen-bond acceptors (Lipinski definition) is 4. The molecule has 4 rings (SSSR count). The van der Waals surface area contributed by atoms with Crippen LogP contribution < -0.4 is 5.32 Å². The van der Waals surface area contributed by atoms with Gasteiger partial charge in [0.05, 0.1) is 5.25 Å². The number of thioether (sulfide) groups is 1. The molecule has 1 atom stereocenters. The minimum absolute atomic E-state index is 0.0641. The number of carbonyl (C=O) groups excluding carboxylic acids is 1. The van der Waals surface area contributed by atoms with E-state index in [9.17, 15) is 4.79 Å². The fraction of sp³-hybridized carbons (Fsp3) is 0.174. The topological polar surface area (TPSA) is 59.8 Å². The average molecular weight is 403 g/mol. The van der Waals surface area contributed by atoms with Crippen molar-refractivity contribution in [3.8, 4) is 11.4 Å². The number of carbonyl (C=O) groups is 1. The Labute approximate surface area is 174 Å². The zero-order valence-electron chi connectivity index (χ0n) is 16.6. The van der Waals surface area contributed by atoms with Crippen LogP contribution in [0.5, 0.6) is 0 Å². The summed E-state index contributed by atoms with van der Waals surface area (Å²) >= 11 is 1.40. The molecule has 0 aliphatic heterocycles. The van der Waals surface area contributed by atoms with Crippen LogP contribution in [-0.2, 0) is 11.8 Å². The van der Waals surface area contributed by atoms with E-state index in [-0.39, 0.29) is 11.2 Å². The highest BCUT2D eigenvalue weighted by atomic mass is 32.2. The second-order valence-corrected chi connectivity index (χ2v) is 8.30. The minimum atomic E-state index is -0.311. The molecule has 0 saturated carbocycles. The van der Waals surface area contributed by atoms with Crippen molar-refractivity contribution < 1.29 is 4.79 Å². The molecule has 1 aromatic heterocycles. The molecule has 29 heavy (non-hydrogen) atoms. The van der Waals surface area contributed by atoms with E-state index >= 15 is 0 Å². The monoisotopic (exact) mass is 402 g/mol. The van der Waals surface area contributed by atoms with Gasteiger partial charge in [-0.05, 0) is 42.3 Å². The summed E-state index contributed by atoms with van der Waals surface area (Å²) in [4.78, 5) is 12.7. The Morgan fingerprint density at radius 3 is 2.52 bits per heavy atom. The number of nitrogens with one attached hydrogen (secondary N) is 1. The average Bonchev–Trinajstić information content (AvgIpc) is 3.08. The third kappa shape index (κ3) is 4.03. The molecule has 4 aromatic rings. The van der Waals surface area contributed by atoms with Crippen LogP contribution in [-0.4, -0.2) is 25.9 Å². The first-order valence-electron chi connectivity index (χ1n) is 9.44. The summed E-state index contributed by atoms with van der Waals surface area (Å²) in [5.41, 5.74) is 2.98. The van der Waals surface area contributed by atoms with E-state index in [1.165, 1.54) is 11.8 Å². The van der Waals surface area contributed by atoms with Crippen molar-refractivity contribution in [2.75, 3.05) is 5.32 Å². The molecule has 0 spiro atoms. The van der Waals surface area contributed by atoms with Crippen LogP contribution in [0.1, 0.15) is 12.5 Å². The van der Waals surface area contributed by atoms with Gasteiger partial charge in [-0.25, -0.2) is 0 Å². The van der Waals surface area contributed by atoms with E-state index in [1.807, 2.05) is 73.1 Å². The second-order valence-electron chi connectivity index (χ2n) is 6.99. The molecule has 0 bridgehead atoms. The van der Waals surface area contributed by atoms with Gasteiger partial charge in [0.15, 0.2) is 11.0 Å². The Hall–Kier alpha value is -3.12. The van der Waals surface area contributed by atoms with Gasteiger partial charge in [-0.2, -0.15) is 0 Å². The molecule has 1 N–H and O–H groups in total. The van der Waals surface area contributed by atoms with Crippen LogP contribution in [0.25, 0.3) is 22.2 Å². The Morgan fingerprint density at radius 2 is 1.72 bits per heavy atom. The van der Waals surface area contributed by atoms with E-state index in [4.69, 9.17) is 0 Å². The van der Waals surface area contributed by atoms with Crippen molar-refractivity contribution in [2.45, 2.75) is 24.3 Å².